The minimum Gasteiger partial charge on any atom is -0.444 e. The molecule has 148 valence electrons. The van der Waals surface area contributed by atoms with Crippen LogP contribution in [0.4, 0.5) is 10.5 Å². The number of halogens is 2. The van der Waals surface area contributed by atoms with Gasteiger partial charge in [0.05, 0.1) is 12.5 Å². The highest BCUT2D eigenvalue weighted by atomic mass is 35.5. The molecule has 2 rings (SSSR count). The van der Waals surface area contributed by atoms with E-state index in [-0.39, 0.29) is 34.2 Å². The maximum Gasteiger partial charge on any atom is 0.411 e. The molecule has 0 aromatic heterocycles. The molecular weight excluding hydrogens is 387 g/mol. The molecule has 2 N–H and O–H groups in total. The molecule has 0 spiro atoms. The first-order chi connectivity index (χ1) is 12.5. The van der Waals surface area contributed by atoms with Crippen molar-refractivity contribution >= 4 is 40.9 Å². The molecule has 1 aliphatic carbocycles. The van der Waals surface area contributed by atoms with Crippen LogP contribution in [0.5, 0.6) is 0 Å². The van der Waals surface area contributed by atoms with Gasteiger partial charge in [-0.25, -0.2) is 4.79 Å². The zero-order valence-corrected chi connectivity index (χ0v) is 17.7. The highest BCUT2D eigenvalue weighted by Gasteiger charge is 2.60. The van der Waals surface area contributed by atoms with Crippen LogP contribution in [-0.2, 0) is 9.53 Å². The van der Waals surface area contributed by atoms with Gasteiger partial charge in [-0.05, 0) is 55.4 Å². The molecule has 0 heterocycles. The van der Waals surface area contributed by atoms with E-state index in [9.17, 15) is 9.59 Å². The minimum absolute atomic E-state index is 0.00585. The number of anilines is 1. The lowest BCUT2D eigenvalue weighted by Gasteiger charge is -2.16. The van der Waals surface area contributed by atoms with Gasteiger partial charge in [0.15, 0.2) is 0 Å². The van der Waals surface area contributed by atoms with Gasteiger partial charge >= 0.3 is 6.09 Å². The topological polar surface area (TPSA) is 67.4 Å². The Labute approximate surface area is 170 Å². The summed E-state index contributed by atoms with van der Waals surface area (Å²) < 4.78 is 5.49. The van der Waals surface area contributed by atoms with Gasteiger partial charge in [0.1, 0.15) is 10.6 Å². The second-order valence-electron chi connectivity index (χ2n) is 7.69. The Kier molecular flexibility index (Phi) is 6.82. The van der Waals surface area contributed by atoms with E-state index < -0.39 is 12.2 Å². The molecule has 7 heteroatoms. The molecule has 0 unspecified atom stereocenters. The molecule has 2 amide bonds. The minimum atomic E-state index is -0.549. The SMILES string of the molecule is Cc1ccc(C)c(NC(=O)O[C@@H](C)CNC(=O)[C@@H]2[C@H](C=C(Cl)Cl)C2(C)C)c1. The van der Waals surface area contributed by atoms with Crippen molar-refractivity contribution in [2.75, 3.05) is 11.9 Å². The van der Waals surface area contributed by atoms with Crippen molar-refractivity contribution in [3.05, 3.63) is 39.9 Å². The first-order valence-corrected chi connectivity index (χ1v) is 9.63. The van der Waals surface area contributed by atoms with E-state index >= 15 is 0 Å². The van der Waals surface area contributed by atoms with Crippen molar-refractivity contribution in [2.45, 2.75) is 40.7 Å². The molecule has 0 bridgehead atoms. The monoisotopic (exact) mass is 412 g/mol. The van der Waals surface area contributed by atoms with Crippen LogP contribution < -0.4 is 10.6 Å². The third-order valence-electron chi connectivity index (χ3n) is 5.00. The second kappa shape index (κ2) is 8.53. The fourth-order valence-corrected chi connectivity index (χ4v) is 3.49. The maximum absolute atomic E-state index is 12.4. The van der Waals surface area contributed by atoms with Gasteiger partial charge in [-0.3, -0.25) is 10.1 Å². The van der Waals surface area contributed by atoms with Gasteiger partial charge in [-0.2, -0.15) is 0 Å². The number of hydrogen-bond donors (Lipinski definition) is 2. The van der Waals surface area contributed by atoms with E-state index in [0.717, 1.165) is 11.1 Å². The highest BCUT2D eigenvalue weighted by Crippen LogP contribution is 2.59. The summed E-state index contributed by atoms with van der Waals surface area (Å²) in [6, 6.07) is 5.79. The van der Waals surface area contributed by atoms with E-state index in [1.165, 1.54) is 0 Å². The Morgan fingerprint density at radius 3 is 2.59 bits per heavy atom. The number of aryl methyl sites for hydroxylation is 2. The first kappa shape index (κ1) is 21.6. The molecule has 3 atom stereocenters. The van der Waals surface area contributed by atoms with Gasteiger partial charge in [-0.1, -0.05) is 49.2 Å². The largest absolute Gasteiger partial charge is 0.444 e. The Morgan fingerprint density at radius 2 is 1.96 bits per heavy atom. The number of allylic oxidation sites excluding steroid dienone is 1. The lowest BCUT2D eigenvalue weighted by Crippen LogP contribution is -2.35. The summed E-state index contributed by atoms with van der Waals surface area (Å²) in [5, 5.41) is 5.57. The molecule has 27 heavy (non-hydrogen) atoms. The summed E-state index contributed by atoms with van der Waals surface area (Å²) in [6.07, 6.45) is 0.684. The fourth-order valence-electron chi connectivity index (χ4n) is 3.21. The molecule has 0 radical (unpaired) electrons. The van der Waals surface area contributed by atoms with Crippen LogP contribution in [0.25, 0.3) is 0 Å². The Hall–Kier alpha value is -1.72. The highest BCUT2D eigenvalue weighted by molar-refractivity contribution is 6.55. The number of benzene rings is 1. The van der Waals surface area contributed by atoms with Crippen molar-refractivity contribution in [3.8, 4) is 0 Å². The number of hydrogen-bond acceptors (Lipinski definition) is 3. The van der Waals surface area contributed by atoms with Gasteiger partial charge < -0.3 is 10.1 Å². The van der Waals surface area contributed by atoms with E-state index in [2.05, 4.69) is 10.6 Å². The van der Waals surface area contributed by atoms with Crippen molar-refractivity contribution in [1.29, 1.82) is 0 Å². The van der Waals surface area contributed by atoms with Crippen LogP contribution in [-0.4, -0.2) is 24.6 Å². The van der Waals surface area contributed by atoms with Gasteiger partial charge in [0.25, 0.3) is 0 Å². The zero-order chi connectivity index (χ0) is 20.4. The summed E-state index contributed by atoms with van der Waals surface area (Å²) in [6.45, 7) is 9.81. The number of carbonyl (C=O) groups is 2. The molecular formula is C20H26Cl2N2O3. The van der Waals surface area contributed by atoms with Gasteiger partial charge in [0, 0.05) is 5.69 Å². The van der Waals surface area contributed by atoms with E-state index in [4.69, 9.17) is 27.9 Å². The average Bonchev–Trinajstić information content (AvgIpc) is 3.08. The van der Waals surface area contributed by atoms with Crippen molar-refractivity contribution in [3.63, 3.8) is 0 Å². The predicted molar refractivity (Wildman–Crippen MR) is 109 cm³/mol. The molecule has 1 aliphatic rings. The molecule has 0 saturated heterocycles. The Morgan fingerprint density at radius 1 is 1.30 bits per heavy atom. The zero-order valence-electron chi connectivity index (χ0n) is 16.2. The smallest absolute Gasteiger partial charge is 0.411 e. The van der Waals surface area contributed by atoms with E-state index in [1.807, 2.05) is 45.9 Å². The summed E-state index contributed by atoms with van der Waals surface area (Å²) in [7, 11) is 0. The van der Waals surface area contributed by atoms with Gasteiger partial charge in [-0.15, -0.1) is 0 Å². The standard InChI is InChI=1S/C20H26Cl2N2O3/c1-11-6-7-12(2)15(8-11)24-19(26)27-13(3)10-23-18(25)17-14(9-16(21)22)20(17,4)5/h6-9,13-14,17H,10H2,1-5H3,(H,23,25)(H,24,26)/t13-,14-,17-/m0/s1. The lowest BCUT2D eigenvalue weighted by atomic mass is 10.1. The fraction of sp³-hybridized carbons (Fsp3) is 0.500. The molecule has 0 aliphatic heterocycles. The second-order valence-corrected chi connectivity index (χ2v) is 8.69. The third kappa shape index (κ3) is 5.63. The van der Waals surface area contributed by atoms with E-state index in [1.54, 1.807) is 13.0 Å². The molecule has 5 nitrogen and oxygen atoms in total. The average molecular weight is 413 g/mol. The lowest BCUT2D eigenvalue weighted by molar-refractivity contribution is -0.123. The van der Waals surface area contributed by atoms with Crippen molar-refractivity contribution in [2.24, 2.45) is 17.3 Å². The van der Waals surface area contributed by atoms with Crippen LogP contribution in [0.1, 0.15) is 31.9 Å². The molecule has 1 aromatic carbocycles. The van der Waals surface area contributed by atoms with Crippen LogP contribution in [0.2, 0.25) is 0 Å². The van der Waals surface area contributed by atoms with Crippen LogP contribution in [0.3, 0.4) is 0 Å². The Bertz CT molecular complexity index is 758. The van der Waals surface area contributed by atoms with Crippen LogP contribution >= 0.6 is 23.2 Å². The third-order valence-corrected chi connectivity index (χ3v) is 5.25. The molecule has 1 aromatic rings. The van der Waals surface area contributed by atoms with E-state index in [0.29, 0.717) is 5.69 Å². The number of carbonyl (C=O) groups excluding carboxylic acids is 2. The number of nitrogens with one attached hydrogen (secondary N) is 2. The summed E-state index contributed by atoms with van der Waals surface area (Å²) in [5.74, 6) is -0.284. The maximum atomic E-state index is 12.4. The van der Waals surface area contributed by atoms with Gasteiger partial charge in [0.2, 0.25) is 5.91 Å². The summed E-state index contributed by atoms with van der Waals surface area (Å²) >= 11 is 11.4. The Balaban J connectivity index is 1.81. The molecule has 1 saturated carbocycles. The van der Waals surface area contributed by atoms with Crippen LogP contribution in [0.15, 0.2) is 28.8 Å². The normalized spacial score (nSPS) is 21.0. The van der Waals surface area contributed by atoms with Crippen molar-refractivity contribution in [1.82, 2.24) is 5.32 Å². The first-order valence-electron chi connectivity index (χ1n) is 8.87. The van der Waals surface area contributed by atoms with Crippen molar-refractivity contribution < 1.29 is 14.3 Å². The number of ether oxygens (including phenoxy) is 1. The quantitative estimate of drug-likeness (QED) is 0.694. The van der Waals surface area contributed by atoms with Crippen LogP contribution in [0, 0.1) is 31.1 Å². The number of amides is 2. The predicted octanol–water partition coefficient (Wildman–Crippen LogP) is 4.95. The molecule has 1 fully saturated rings. The summed E-state index contributed by atoms with van der Waals surface area (Å²) in [5.41, 5.74) is 2.52. The number of rotatable bonds is 6. The summed E-state index contributed by atoms with van der Waals surface area (Å²) in [4.78, 5) is 24.5.